The molecule has 60 valence electrons. The molecule has 10 heavy (non-hydrogen) atoms. The van der Waals surface area contributed by atoms with Gasteiger partial charge >= 0.3 is 0 Å². The van der Waals surface area contributed by atoms with Gasteiger partial charge in [-0.05, 0) is 31.1 Å². The molecular formula is C9H17F. The van der Waals surface area contributed by atoms with Crippen molar-refractivity contribution in [1.29, 1.82) is 0 Å². The summed E-state index contributed by atoms with van der Waals surface area (Å²) < 4.78 is 13.1. The Labute approximate surface area is 62.8 Å². The van der Waals surface area contributed by atoms with Gasteiger partial charge in [-0.3, -0.25) is 0 Å². The third-order valence-electron chi connectivity index (χ3n) is 2.94. The van der Waals surface area contributed by atoms with Crippen molar-refractivity contribution in [3.8, 4) is 0 Å². The third-order valence-corrected chi connectivity index (χ3v) is 2.94. The van der Waals surface area contributed by atoms with Crippen LogP contribution in [0.25, 0.3) is 0 Å². The van der Waals surface area contributed by atoms with E-state index < -0.39 is 5.67 Å². The second-order valence-corrected chi connectivity index (χ2v) is 4.58. The molecule has 1 aliphatic rings. The average molecular weight is 144 g/mol. The van der Waals surface area contributed by atoms with E-state index >= 15 is 0 Å². The zero-order chi connectivity index (χ0) is 7.99. The quantitative estimate of drug-likeness (QED) is 0.530. The highest BCUT2D eigenvalue weighted by molar-refractivity contribution is 5.00. The summed E-state index contributed by atoms with van der Waals surface area (Å²) in [6.45, 7) is 8.24. The fraction of sp³-hybridized carbons (Fsp3) is 1.00. The molecule has 0 spiro atoms. The topological polar surface area (TPSA) is 0 Å². The largest absolute Gasteiger partial charge is 0.244 e. The van der Waals surface area contributed by atoms with Crippen LogP contribution in [0.1, 0.15) is 40.5 Å². The normalized spacial score (nSPS) is 47.4. The highest BCUT2D eigenvalue weighted by Gasteiger charge is 2.50. The number of hydrogen-bond acceptors (Lipinski definition) is 0. The van der Waals surface area contributed by atoms with Crippen molar-refractivity contribution in [3.05, 3.63) is 0 Å². The molecule has 1 aliphatic carbocycles. The van der Waals surface area contributed by atoms with E-state index in [-0.39, 0.29) is 5.41 Å². The molecule has 0 aliphatic heterocycles. The van der Waals surface area contributed by atoms with Crippen LogP contribution in [0.3, 0.4) is 0 Å². The highest BCUT2D eigenvalue weighted by Crippen LogP contribution is 2.54. The van der Waals surface area contributed by atoms with E-state index in [0.29, 0.717) is 5.92 Å². The molecule has 1 rings (SSSR count). The summed E-state index contributed by atoms with van der Waals surface area (Å²) in [6, 6.07) is 0. The maximum absolute atomic E-state index is 13.1. The van der Waals surface area contributed by atoms with Gasteiger partial charge in [-0.1, -0.05) is 20.8 Å². The molecule has 0 radical (unpaired) electrons. The summed E-state index contributed by atoms with van der Waals surface area (Å²) in [7, 11) is 0. The van der Waals surface area contributed by atoms with Crippen molar-refractivity contribution in [2.24, 2.45) is 11.3 Å². The molecule has 0 atom stereocenters. The van der Waals surface area contributed by atoms with Crippen LogP contribution >= 0.6 is 0 Å². The molecular weight excluding hydrogens is 127 g/mol. The van der Waals surface area contributed by atoms with Crippen molar-refractivity contribution < 1.29 is 4.39 Å². The fourth-order valence-electron chi connectivity index (χ4n) is 2.04. The first-order chi connectivity index (χ1) is 4.36. The highest BCUT2D eigenvalue weighted by atomic mass is 19.1. The minimum atomic E-state index is -0.862. The van der Waals surface area contributed by atoms with E-state index in [1.54, 1.807) is 6.92 Å². The van der Waals surface area contributed by atoms with Gasteiger partial charge in [-0.25, -0.2) is 4.39 Å². The van der Waals surface area contributed by atoms with Gasteiger partial charge in [0, 0.05) is 0 Å². The maximum atomic E-state index is 13.1. The minimum absolute atomic E-state index is 0.281. The SMILES string of the molecule is CC(C)C1(C)CC(C)(F)C1. The maximum Gasteiger partial charge on any atom is 0.109 e. The summed E-state index contributed by atoms with van der Waals surface area (Å²) in [4.78, 5) is 0. The first-order valence-electron chi connectivity index (χ1n) is 4.05. The predicted molar refractivity (Wildman–Crippen MR) is 41.7 cm³/mol. The molecule has 0 aromatic rings. The van der Waals surface area contributed by atoms with Crippen molar-refractivity contribution in [2.75, 3.05) is 0 Å². The Morgan fingerprint density at radius 3 is 1.70 bits per heavy atom. The van der Waals surface area contributed by atoms with Crippen LogP contribution in [0.5, 0.6) is 0 Å². The van der Waals surface area contributed by atoms with Gasteiger partial charge in [-0.2, -0.15) is 0 Å². The molecule has 0 saturated heterocycles. The van der Waals surface area contributed by atoms with Gasteiger partial charge in [0.2, 0.25) is 0 Å². The smallest absolute Gasteiger partial charge is 0.109 e. The van der Waals surface area contributed by atoms with Gasteiger partial charge < -0.3 is 0 Å². The van der Waals surface area contributed by atoms with Gasteiger partial charge in [-0.15, -0.1) is 0 Å². The van der Waals surface area contributed by atoms with Crippen LogP contribution in [-0.4, -0.2) is 5.67 Å². The second-order valence-electron chi connectivity index (χ2n) is 4.58. The van der Waals surface area contributed by atoms with Gasteiger partial charge in [0.25, 0.3) is 0 Å². The van der Waals surface area contributed by atoms with Gasteiger partial charge in [0.1, 0.15) is 5.67 Å². The Kier molecular flexibility index (Phi) is 1.57. The number of hydrogen-bond donors (Lipinski definition) is 0. The first kappa shape index (κ1) is 8.03. The van der Waals surface area contributed by atoms with Crippen molar-refractivity contribution >= 4 is 0 Å². The van der Waals surface area contributed by atoms with Crippen LogP contribution < -0.4 is 0 Å². The number of rotatable bonds is 1. The Balaban J connectivity index is 2.50. The Bertz CT molecular complexity index is 128. The van der Waals surface area contributed by atoms with E-state index in [1.807, 2.05) is 0 Å². The standard InChI is InChI=1S/C9H17F/c1-7(2)8(3)5-9(4,10)6-8/h7H,5-6H2,1-4H3. The number of halogens is 1. The third kappa shape index (κ3) is 1.18. The molecule has 0 aromatic heterocycles. The Morgan fingerprint density at radius 1 is 1.20 bits per heavy atom. The predicted octanol–water partition coefficient (Wildman–Crippen LogP) is 3.17. The minimum Gasteiger partial charge on any atom is -0.244 e. The van der Waals surface area contributed by atoms with Crippen LogP contribution in [-0.2, 0) is 0 Å². The molecule has 1 heteroatoms. The van der Waals surface area contributed by atoms with E-state index in [0.717, 1.165) is 12.8 Å². The molecule has 0 unspecified atom stereocenters. The van der Waals surface area contributed by atoms with Gasteiger partial charge in [0.15, 0.2) is 0 Å². The summed E-state index contributed by atoms with van der Waals surface area (Å²) in [5.41, 5.74) is -0.581. The summed E-state index contributed by atoms with van der Waals surface area (Å²) in [5.74, 6) is 0.622. The average Bonchev–Trinajstić information content (AvgIpc) is 1.59. The molecule has 0 aromatic carbocycles. The van der Waals surface area contributed by atoms with Crippen molar-refractivity contribution in [2.45, 2.75) is 46.2 Å². The monoisotopic (exact) mass is 144 g/mol. The van der Waals surface area contributed by atoms with Crippen molar-refractivity contribution in [1.82, 2.24) is 0 Å². The van der Waals surface area contributed by atoms with Gasteiger partial charge in [0.05, 0.1) is 0 Å². The fourth-order valence-corrected chi connectivity index (χ4v) is 2.04. The van der Waals surface area contributed by atoms with Crippen LogP contribution in [0.15, 0.2) is 0 Å². The van der Waals surface area contributed by atoms with E-state index in [2.05, 4.69) is 20.8 Å². The van der Waals surface area contributed by atoms with Crippen LogP contribution in [0.4, 0.5) is 4.39 Å². The molecule has 0 N–H and O–H groups in total. The van der Waals surface area contributed by atoms with Crippen molar-refractivity contribution in [3.63, 3.8) is 0 Å². The summed E-state index contributed by atoms with van der Waals surface area (Å²) >= 11 is 0. The Hall–Kier alpha value is -0.0700. The van der Waals surface area contributed by atoms with E-state index in [4.69, 9.17) is 0 Å². The van der Waals surface area contributed by atoms with E-state index in [1.165, 1.54) is 0 Å². The lowest BCUT2D eigenvalue weighted by molar-refractivity contribution is -0.0706. The lowest BCUT2D eigenvalue weighted by atomic mass is 9.57. The first-order valence-corrected chi connectivity index (χ1v) is 4.05. The lowest BCUT2D eigenvalue weighted by Crippen LogP contribution is -2.47. The molecule has 0 amide bonds. The molecule has 0 heterocycles. The Morgan fingerprint density at radius 2 is 1.60 bits per heavy atom. The zero-order valence-electron chi connectivity index (χ0n) is 7.37. The van der Waals surface area contributed by atoms with Crippen LogP contribution in [0, 0.1) is 11.3 Å². The summed E-state index contributed by atoms with van der Waals surface area (Å²) in [5, 5.41) is 0. The number of alkyl halides is 1. The molecule has 0 bridgehead atoms. The molecule has 1 saturated carbocycles. The van der Waals surface area contributed by atoms with Crippen LogP contribution in [0.2, 0.25) is 0 Å². The molecule has 0 nitrogen and oxygen atoms in total. The second kappa shape index (κ2) is 1.96. The summed E-state index contributed by atoms with van der Waals surface area (Å²) in [6.07, 6.45) is 1.50. The zero-order valence-corrected chi connectivity index (χ0v) is 7.37. The lowest BCUT2D eigenvalue weighted by Gasteiger charge is -2.51. The van der Waals surface area contributed by atoms with E-state index in [9.17, 15) is 4.39 Å². The molecule has 1 fully saturated rings.